The van der Waals surface area contributed by atoms with Gasteiger partial charge in [-0.15, -0.1) is 0 Å². The number of nitrogens with two attached hydrogens (primary N) is 1. The van der Waals surface area contributed by atoms with Gasteiger partial charge in [-0.05, 0) is 92.8 Å². The van der Waals surface area contributed by atoms with Crippen molar-refractivity contribution in [2.24, 2.45) is 0 Å². The predicted octanol–water partition coefficient (Wildman–Crippen LogP) is 6.01. The molecule has 37 heavy (non-hydrogen) atoms. The van der Waals surface area contributed by atoms with Crippen LogP contribution < -0.4 is 15.4 Å². The van der Waals surface area contributed by atoms with Gasteiger partial charge in [0.15, 0.2) is 5.75 Å². The molecular formula is C27H36ClIN4O4. The van der Waals surface area contributed by atoms with Crippen LogP contribution in [0.3, 0.4) is 0 Å². The van der Waals surface area contributed by atoms with Crippen molar-refractivity contribution < 1.29 is 19.0 Å². The van der Waals surface area contributed by atoms with E-state index >= 15 is 0 Å². The first-order chi connectivity index (χ1) is 17.5. The summed E-state index contributed by atoms with van der Waals surface area (Å²) < 4.78 is 18.4. The van der Waals surface area contributed by atoms with E-state index in [1.54, 1.807) is 11.1 Å². The lowest BCUT2D eigenvalue weighted by atomic mass is 9.89. The number of ether oxygens (including phenoxy) is 3. The number of benzene rings is 1. The zero-order valence-corrected chi connectivity index (χ0v) is 24.8. The van der Waals surface area contributed by atoms with Crippen LogP contribution in [0.2, 0.25) is 5.15 Å². The van der Waals surface area contributed by atoms with Gasteiger partial charge in [-0.1, -0.05) is 11.6 Å². The Kier molecular flexibility index (Phi) is 8.96. The normalized spacial score (nSPS) is 18.0. The maximum absolute atomic E-state index is 12.4. The van der Waals surface area contributed by atoms with Crippen molar-refractivity contribution in [3.63, 3.8) is 0 Å². The van der Waals surface area contributed by atoms with E-state index in [9.17, 15) is 4.79 Å². The molecule has 8 nitrogen and oxygen atoms in total. The van der Waals surface area contributed by atoms with Gasteiger partial charge in [0.2, 0.25) is 0 Å². The molecule has 1 aromatic heterocycles. The summed E-state index contributed by atoms with van der Waals surface area (Å²) in [6.07, 6.45) is 2.85. The van der Waals surface area contributed by atoms with E-state index in [0.717, 1.165) is 40.8 Å². The number of halogens is 2. The molecule has 10 heteroatoms. The lowest BCUT2D eigenvalue weighted by Gasteiger charge is -2.34. The topological polar surface area (TPSA) is 90.2 Å². The number of aromatic nitrogens is 1. The van der Waals surface area contributed by atoms with Gasteiger partial charge in [0.05, 0.1) is 28.0 Å². The van der Waals surface area contributed by atoms with Crippen molar-refractivity contribution in [1.29, 1.82) is 0 Å². The Morgan fingerprint density at radius 2 is 1.89 bits per heavy atom. The molecule has 1 amide bonds. The number of anilines is 2. The molecule has 0 spiro atoms. The number of amides is 1. The first kappa shape index (κ1) is 28.0. The van der Waals surface area contributed by atoms with Gasteiger partial charge < -0.3 is 29.7 Å². The van der Waals surface area contributed by atoms with Gasteiger partial charge in [-0.2, -0.15) is 0 Å². The van der Waals surface area contributed by atoms with E-state index in [0.29, 0.717) is 48.8 Å². The molecular weight excluding hydrogens is 607 g/mol. The summed E-state index contributed by atoms with van der Waals surface area (Å²) >= 11 is 8.85. The van der Waals surface area contributed by atoms with Crippen LogP contribution in [0.25, 0.3) is 0 Å². The highest BCUT2D eigenvalue weighted by Gasteiger charge is 2.29. The van der Waals surface area contributed by atoms with Gasteiger partial charge in [0.1, 0.15) is 16.9 Å². The van der Waals surface area contributed by atoms with Crippen LogP contribution in [0.4, 0.5) is 16.2 Å². The summed E-state index contributed by atoms with van der Waals surface area (Å²) in [5.74, 6) is 0.970. The summed E-state index contributed by atoms with van der Waals surface area (Å²) in [4.78, 5) is 20.8. The number of likely N-dealkylation sites (tertiary alicyclic amines) is 1. The number of nitrogen functional groups attached to an aromatic ring is 1. The minimum absolute atomic E-state index is 0.247. The number of carbonyl (C=O) groups excluding carboxylic acids is 1. The number of morpholine rings is 1. The van der Waals surface area contributed by atoms with Gasteiger partial charge in [0, 0.05) is 38.1 Å². The molecule has 4 rings (SSSR count). The standard InChI is InChI=1S/C27H36ClIN4O4/c1-17(23-22(5-8-31-25(23)28)32-11-13-35-14-12-32)36-24-20(29)15-19(16-21(24)30)18-6-9-33(10-7-18)26(34)37-27(2,3)4/h5,8,15-18H,6-7,9-14,30H2,1-4H3. The van der Waals surface area contributed by atoms with Crippen molar-refractivity contribution >= 4 is 51.7 Å². The zero-order valence-electron chi connectivity index (χ0n) is 21.9. The smallest absolute Gasteiger partial charge is 0.410 e. The van der Waals surface area contributed by atoms with Crippen LogP contribution in [0.1, 0.15) is 63.7 Å². The predicted molar refractivity (Wildman–Crippen MR) is 155 cm³/mol. The van der Waals surface area contributed by atoms with E-state index in [1.807, 2.05) is 39.8 Å². The summed E-state index contributed by atoms with van der Waals surface area (Å²) in [5, 5.41) is 0.429. The third-order valence-corrected chi connectivity index (χ3v) is 7.79. The molecule has 1 atom stereocenters. The third-order valence-electron chi connectivity index (χ3n) is 6.68. The lowest BCUT2D eigenvalue weighted by molar-refractivity contribution is 0.0205. The summed E-state index contributed by atoms with van der Waals surface area (Å²) in [6, 6.07) is 6.12. The van der Waals surface area contributed by atoms with Crippen LogP contribution >= 0.6 is 34.2 Å². The Labute approximate surface area is 237 Å². The van der Waals surface area contributed by atoms with Crippen molar-refractivity contribution in [2.45, 2.75) is 58.2 Å². The number of piperidine rings is 1. The molecule has 1 aromatic carbocycles. The maximum Gasteiger partial charge on any atom is 0.410 e. The highest BCUT2D eigenvalue weighted by Crippen LogP contribution is 2.40. The molecule has 202 valence electrons. The highest BCUT2D eigenvalue weighted by atomic mass is 127. The molecule has 0 saturated carbocycles. The fourth-order valence-electron chi connectivity index (χ4n) is 4.85. The van der Waals surface area contributed by atoms with Gasteiger partial charge in [0.25, 0.3) is 0 Å². The van der Waals surface area contributed by atoms with E-state index in [2.05, 4.69) is 38.5 Å². The number of carbonyl (C=O) groups is 1. The molecule has 3 heterocycles. The Morgan fingerprint density at radius 1 is 1.22 bits per heavy atom. The summed E-state index contributed by atoms with van der Waals surface area (Å²) in [5.41, 5.74) is 9.66. The Bertz CT molecular complexity index is 1090. The Balaban J connectivity index is 1.46. The van der Waals surface area contributed by atoms with Crippen molar-refractivity contribution in [3.8, 4) is 5.75 Å². The molecule has 2 saturated heterocycles. The molecule has 2 aliphatic rings. The number of pyridine rings is 1. The molecule has 2 fully saturated rings. The second-order valence-electron chi connectivity index (χ2n) is 10.6. The number of hydrogen-bond acceptors (Lipinski definition) is 7. The number of nitrogens with zero attached hydrogens (tertiary/aromatic N) is 3. The molecule has 0 aliphatic carbocycles. The van der Waals surface area contributed by atoms with E-state index in [4.69, 9.17) is 31.5 Å². The maximum atomic E-state index is 12.4. The second-order valence-corrected chi connectivity index (χ2v) is 12.1. The SMILES string of the molecule is CC(Oc1c(N)cc(C2CCN(C(=O)OC(C)(C)C)CC2)cc1I)c1c(N2CCOCC2)ccnc1Cl. The minimum atomic E-state index is -0.492. The van der Waals surface area contributed by atoms with Crippen LogP contribution in [-0.2, 0) is 9.47 Å². The van der Waals surface area contributed by atoms with Crippen molar-refractivity contribution in [3.05, 3.63) is 44.2 Å². The van der Waals surface area contributed by atoms with E-state index < -0.39 is 5.60 Å². The lowest BCUT2D eigenvalue weighted by Crippen LogP contribution is -2.41. The number of rotatable bonds is 5. The van der Waals surface area contributed by atoms with Crippen LogP contribution in [0, 0.1) is 3.57 Å². The first-order valence-electron chi connectivity index (χ1n) is 12.7. The first-order valence-corrected chi connectivity index (χ1v) is 14.2. The second kappa shape index (κ2) is 11.8. The highest BCUT2D eigenvalue weighted by molar-refractivity contribution is 14.1. The Morgan fingerprint density at radius 3 is 2.51 bits per heavy atom. The van der Waals surface area contributed by atoms with Crippen molar-refractivity contribution in [1.82, 2.24) is 9.88 Å². The van der Waals surface area contributed by atoms with Gasteiger partial charge >= 0.3 is 6.09 Å². The molecule has 2 aliphatic heterocycles. The van der Waals surface area contributed by atoms with Gasteiger partial charge in [-0.3, -0.25) is 0 Å². The summed E-state index contributed by atoms with van der Waals surface area (Å²) in [7, 11) is 0. The fraction of sp³-hybridized carbons (Fsp3) is 0.556. The molecule has 0 radical (unpaired) electrons. The molecule has 0 bridgehead atoms. The summed E-state index contributed by atoms with van der Waals surface area (Å²) in [6.45, 7) is 11.9. The Hall–Kier alpha value is -1.98. The number of hydrogen-bond donors (Lipinski definition) is 1. The van der Waals surface area contributed by atoms with Crippen LogP contribution in [-0.4, -0.2) is 61.0 Å². The zero-order chi connectivity index (χ0) is 26.7. The quantitative estimate of drug-likeness (QED) is 0.243. The van der Waals surface area contributed by atoms with Crippen LogP contribution in [0.15, 0.2) is 24.4 Å². The fourth-order valence-corrected chi connectivity index (χ4v) is 5.95. The largest absolute Gasteiger partial charge is 0.483 e. The van der Waals surface area contributed by atoms with E-state index in [-0.39, 0.29) is 12.2 Å². The third kappa shape index (κ3) is 6.92. The molecule has 2 aromatic rings. The van der Waals surface area contributed by atoms with Gasteiger partial charge in [-0.25, -0.2) is 9.78 Å². The van der Waals surface area contributed by atoms with Crippen LogP contribution in [0.5, 0.6) is 5.75 Å². The van der Waals surface area contributed by atoms with Crippen molar-refractivity contribution in [2.75, 3.05) is 50.0 Å². The monoisotopic (exact) mass is 642 g/mol. The van der Waals surface area contributed by atoms with E-state index in [1.165, 1.54) is 5.56 Å². The minimum Gasteiger partial charge on any atom is -0.483 e. The molecule has 1 unspecified atom stereocenters. The average molecular weight is 643 g/mol. The molecule has 2 N–H and O–H groups in total. The average Bonchev–Trinajstić information content (AvgIpc) is 2.85.